The Kier molecular flexibility index (Phi) is 2.64. The summed E-state index contributed by atoms with van der Waals surface area (Å²) in [4.78, 5) is 4.69. The van der Waals surface area contributed by atoms with Gasteiger partial charge in [0.2, 0.25) is 0 Å². The van der Waals surface area contributed by atoms with E-state index in [1.165, 1.54) is 37.8 Å². The van der Waals surface area contributed by atoms with Crippen molar-refractivity contribution in [1.29, 1.82) is 0 Å². The third kappa shape index (κ3) is 2.03. The fraction of sp³-hybridized carbons (Fsp3) is 0.562. The van der Waals surface area contributed by atoms with Crippen LogP contribution in [0.15, 0.2) is 18.2 Å². The number of nitrogens with zero attached hydrogens (tertiary/aromatic N) is 2. The molecule has 0 atom stereocenters. The molecule has 2 aromatic rings. The molecule has 0 unspecified atom stereocenters. The number of fused-ring (bicyclic) bond motifs is 1. The molecule has 0 aliphatic heterocycles. The van der Waals surface area contributed by atoms with Crippen molar-refractivity contribution in [2.75, 3.05) is 0 Å². The van der Waals surface area contributed by atoms with Gasteiger partial charge in [-0.2, -0.15) is 0 Å². The Hall–Kier alpha value is -1.42. The zero-order valence-electron chi connectivity index (χ0n) is 11.6. The number of rotatable bonds is 3. The molecule has 2 aliphatic carbocycles. The Morgan fingerprint density at radius 3 is 2.75 bits per heavy atom. The second-order valence-electron chi connectivity index (χ2n) is 6.51. The lowest BCUT2D eigenvalue weighted by Crippen LogP contribution is -2.39. The van der Waals surface area contributed by atoms with E-state index in [9.17, 15) is 4.39 Å². The summed E-state index contributed by atoms with van der Waals surface area (Å²) in [5, 5.41) is 0. The molecule has 0 spiro atoms. The second-order valence-corrected chi connectivity index (χ2v) is 6.51. The highest BCUT2D eigenvalue weighted by molar-refractivity contribution is 5.76. The van der Waals surface area contributed by atoms with Crippen LogP contribution in [0.5, 0.6) is 0 Å². The summed E-state index contributed by atoms with van der Waals surface area (Å²) in [5.41, 5.74) is 8.23. The topological polar surface area (TPSA) is 43.8 Å². The molecule has 2 aliphatic rings. The van der Waals surface area contributed by atoms with Gasteiger partial charge >= 0.3 is 0 Å². The summed E-state index contributed by atoms with van der Waals surface area (Å²) in [6, 6.07) is 5.47. The first-order valence-electron chi connectivity index (χ1n) is 7.60. The van der Waals surface area contributed by atoms with Crippen LogP contribution in [-0.2, 0) is 6.42 Å². The molecule has 1 aromatic heterocycles. The van der Waals surface area contributed by atoms with Crippen LogP contribution in [0.2, 0.25) is 0 Å². The van der Waals surface area contributed by atoms with Gasteiger partial charge in [-0.3, -0.25) is 0 Å². The monoisotopic (exact) mass is 273 g/mol. The Bertz CT molecular complexity index is 651. The normalized spacial score (nSPS) is 21.7. The molecule has 3 nitrogen and oxygen atoms in total. The van der Waals surface area contributed by atoms with Crippen molar-refractivity contribution >= 4 is 11.0 Å². The number of imidazole rings is 1. The molecule has 20 heavy (non-hydrogen) atoms. The number of nitrogens with two attached hydrogens (primary N) is 1. The van der Waals surface area contributed by atoms with Crippen molar-refractivity contribution in [2.24, 2.45) is 5.73 Å². The summed E-state index contributed by atoms with van der Waals surface area (Å²) in [6.07, 6.45) is 7.81. The lowest BCUT2D eigenvalue weighted by atomic mass is 9.94. The number of halogens is 1. The van der Waals surface area contributed by atoms with Crippen LogP contribution in [-0.4, -0.2) is 15.1 Å². The van der Waals surface area contributed by atoms with Crippen molar-refractivity contribution in [3.63, 3.8) is 0 Å². The Balaban J connectivity index is 1.79. The highest BCUT2D eigenvalue weighted by Gasteiger charge is 2.34. The lowest BCUT2D eigenvalue weighted by molar-refractivity contribution is 0.419. The summed E-state index contributed by atoms with van der Waals surface area (Å²) in [5.74, 6) is 0.838. The Morgan fingerprint density at radius 2 is 2.05 bits per heavy atom. The summed E-state index contributed by atoms with van der Waals surface area (Å²) < 4.78 is 15.7. The highest BCUT2D eigenvalue weighted by atomic mass is 19.1. The fourth-order valence-corrected chi connectivity index (χ4v) is 3.56. The first kappa shape index (κ1) is 12.3. The van der Waals surface area contributed by atoms with Gasteiger partial charge in [-0.05, 0) is 37.8 Å². The molecular weight excluding hydrogens is 253 g/mol. The van der Waals surface area contributed by atoms with Crippen molar-refractivity contribution in [3.8, 4) is 0 Å². The predicted molar refractivity (Wildman–Crippen MR) is 77.1 cm³/mol. The quantitative estimate of drug-likeness (QED) is 0.932. The largest absolute Gasteiger partial charge is 0.325 e. The minimum atomic E-state index is -0.215. The van der Waals surface area contributed by atoms with Crippen LogP contribution in [0.4, 0.5) is 4.39 Å². The van der Waals surface area contributed by atoms with E-state index in [1.54, 1.807) is 0 Å². The minimum absolute atomic E-state index is 0.105. The van der Waals surface area contributed by atoms with Gasteiger partial charge in [0.15, 0.2) is 0 Å². The van der Waals surface area contributed by atoms with Crippen LogP contribution in [0.3, 0.4) is 0 Å². The Morgan fingerprint density at radius 1 is 1.30 bits per heavy atom. The van der Waals surface area contributed by atoms with E-state index in [0.29, 0.717) is 6.04 Å². The zero-order chi connectivity index (χ0) is 13.7. The average molecular weight is 273 g/mol. The van der Waals surface area contributed by atoms with Crippen molar-refractivity contribution in [1.82, 2.24) is 9.55 Å². The molecule has 2 fully saturated rings. The van der Waals surface area contributed by atoms with Gasteiger partial charge in [0, 0.05) is 24.1 Å². The van der Waals surface area contributed by atoms with Crippen LogP contribution in [0.25, 0.3) is 11.0 Å². The van der Waals surface area contributed by atoms with Crippen molar-refractivity contribution in [3.05, 3.63) is 29.8 Å². The second kappa shape index (κ2) is 4.29. The molecule has 0 amide bonds. The third-order valence-electron chi connectivity index (χ3n) is 4.75. The molecule has 2 N–H and O–H groups in total. The van der Waals surface area contributed by atoms with E-state index in [1.807, 2.05) is 6.07 Å². The predicted octanol–water partition coefficient (Wildman–Crippen LogP) is 3.32. The summed E-state index contributed by atoms with van der Waals surface area (Å²) in [6.45, 7) is 0. The van der Waals surface area contributed by atoms with E-state index in [2.05, 4.69) is 9.55 Å². The van der Waals surface area contributed by atoms with Gasteiger partial charge in [0.05, 0.1) is 11.0 Å². The minimum Gasteiger partial charge on any atom is -0.325 e. The maximum absolute atomic E-state index is 13.4. The molecule has 1 aromatic carbocycles. The van der Waals surface area contributed by atoms with Gasteiger partial charge in [-0.1, -0.05) is 12.8 Å². The Labute approximate surface area is 118 Å². The molecule has 0 bridgehead atoms. The van der Waals surface area contributed by atoms with Gasteiger partial charge < -0.3 is 10.3 Å². The molecule has 2 saturated carbocycles. The molecular formula is C16H20FN3. The van der Waals surface area contributed by atoms with Gasteiger partial charge in [-0.15, -0.1) is 0 Å². The van der Waals surface area contributed by atoms with E-state index in [0.717, 1.165) is 36.1 Å². The van der Waals surface area contributed by atoms with E-state index in [-0.39, 0.29) is 11.4 Å². The molecule has 106 valence electrons. The fourth-order valence-electron chi connectivity index (χ4n) is 3.56. The molecule has 0 radical (unpaired) electrons. The maximum atomic E-state index is 13.4. The lowest BCUT2D eigenvalue weighted by Gasteiger charge is -2.23. The van der Waals surface area contributed by atoms with E-state index < -0.39 is 0 Å². The van der Waals surface area contributed by atoms with Crippen LogP contribution in [0.1, 0.15) is 50.4 Å². The number of aromatic nitrogens is 2. The van der Waals surface area contributed by atoms with Gasteiger partial charge in [-0.25, -0.2) is 9.37 Å². The van der Waals surface area contributed by atoms with Crippen LogP contribution in [0, 0.1) is 5.82 Å². The first-order chi connectivity index (χ1) is 9.65. The summed E-state index contributed by atoms with van der Waals surface area (Å²) >= 11 is 0. The zero-order valence-corrected chi connectivity index (χ0v) is 11.6. The molecule has 1 heterocycles. The SMILES string of the molecule is NC1(Cc2nc3cc(F)ccc3n2C2CC2)CCCC1. The van der Waals surface area contributed by atoms with Crippen LogP contribution >= 0.6 is 0 Å². The molecule has 4 heteroatoms. The average Bonchev–Trinajstić information content (AvgIpc) is 3.06. The van der Waals surface area contributed by atoms with E-state index >= 15 is 0 Å². The molecule has 0 saturated heterocycles. The maximum Gasteiger partial charge on any atom is 0.125 e. The van der Waals surface area contributed by atoms with Crippen LogP contribution < -0.4 is 5.73 Å². The number of hydrogen-bond donors (Lipinski definition) is 1. The number of hydrogen-bond acceptors (Lipinski definition) is 2. The first-order valence-corrected chi connectivity index (χ1v) is 7.60. The van der Waals surface area contributed by atoms with E-state index in [4.69, 9.17) is 5.73 Å². The number of benzene rings is 1. The third-order valence-corrected chi connectivity index (χ3v) is 4.75. The summed E-state index contributed by atoms with van der Waals surface area (Å²) in [7, 11) is 0. The van der Waals surface area contributed by atoms with Crippen molar-refractivity contribution in [2.45, 2.75) is 56.5 Å². The van der Waals surface area contributed by atoms with Gasteiger partial charge in [0.25, 0.3) is 0 Å². The molecule has 4 rings (SSSR count). The highest BCUT2D eigenvalue weighted by Crippen LogP contribution is 2.40. The standard InChI is InChI=1S/C16H20FN3/c17-11-3-6-14-13(9-11)19-15(20(14)12-4-5-12)10-16(18)7-1-2-8-16/h3,6,9,12H,1-2,4-5,7-8,10,18H2. The van der Waals surface area contributed by atoms with Gasteiger partial charge in [0.1, 0.15) is 11.6 Å². The van der Waals surface area contributed by atoms with Crippen molar-refractivity contribution < 1.29 is 4.39 Å². The smallest absolute Gasteiger partial charge is 0.125 e.